The molecule has 1 aliphatic heterocycles. The van der Waals surface area contributed by atoms with Crippen molar-refractivity contribution >= 4 is 5.91 Å². The zero-order valence-electron chi connectivity index (χ0n) is 12.9. The fourth-order valence-corrected chi connectivity index (χ4v) is 3.09. The Kier molecular flexibility index (Phi) is 5.18. The van der Waals surface area contributed by atoms with Gasteiger partial charge >= 0.3 is 0 Å². The number of carbonyl (C=O) groups excluding carboxylic acids is 1. The van der Waals surface area contributed by atoms with E-state index in [0.717, 1.165) is 32.6 Å². The van der Waals surface area contributed by atoms with Gasteiger partial charge in [-0.15, -0.1) is 0 Å². The quantitative estimate of drug-likeness (QED) is 0.824. The van der Waals surface area contributed by atoms with Crippen LogP contribution in [0, 0.1) is 0 Å². The predicted octanol–water partition coefficient (Wildman–Crippen LogP) is 2.73. The molecule has 0 aromatic heterocycles. The van der Waals surface area contributed by atoms with Crippen LogP contribution in [0.15, 0.2) is 30.3 Å². The lowest BCUT2D eigenvalue weighted by Crippen LogP contribution is -2.46. The lowest BCUT2D eigenvalue weighted by Gasteiger charge is -2.29. The molecular formula is C17H26N2O. The number of likely N-dealkylation sites (N-methyl/N-ethyl adjacent to an activating group) is 1. The zero-order chi connectivity index (χ0) is 14.5. The molecule has 1 fully saturated rings. The normalized spacial score (nSPS) is 20.9. The Labute approximate surface area is 122 Å². The van der Waals surface area contributed by atoms with E-state index in [1.807, 2.05) is 25.7 Å². The number of rotatable bonds is 5. The highest BCUT2D eigenvalue weighted by molar-refractivity contribution is 5.81. The van der Waals surface area contributed by atoms with Crippen LogP contribution in [0.2, 0.25) is 0 Å². The minimum atomic E-state index is 0.00334. The van der Waals surface area contributed by atoms with Crippen LogP contribution in [0.4, 0.5) is 0 Å². The van der Waals surface area contributed by atoms with Crippen molar-refractivity contribution in [3.05, 3.63) is 35.9 Å². The summed E-state index contributed by atoms with van der Waals surface area (Å²) in [6, 6.07) is 10.7. The second kappa shape index (κ2) is 6.89. The first-order valence-corrected chi connectivity index (χ1v) is 7.75. The summed E-state index contributed by atoms with van der Waals surface area (Å²) in [5, 5.41) is 0. The fourth-order valence-electron chi connectivity index (χ4n) is 3.09. The molecule has 1 aromatic carbocycles. The van der Waals surface area contributed by atoms with Gasteiger partial charge in [0.1, 0.15) is 0 Å². The highest BCUT2D eigenvalue weighted by Crippen LogP contribution is 2.28. The summed E-state index contributed by atoms with van der Waals surface area (Å²) in [5.41, 5.74) is 1.40. The summed E-state index contributed by atoms with van der Waals surface area (Å²) in [6.45, 7) is 9.76. The van der Waals surface area contributed by atoms with E-state index in [9.17, 15) is 4.79 Å². The molecule has 1 heterocycles. The standard InChI is InChI=1S/C17H26N2O/c1-4-18(5-2)17(20)14(3)19-12-11-16(13-19)15-9-7-6-8-10-15/h6-10,14,16H,4-5,11-13H2,1-3H3/t14-,16-/m0/s1. The van der Waals surface area contributed by atoms with E-state index in [2.05, 4.69) is 35.2 Å². The molecule has 0 N–H and O–H groups in total. The van der Waals surface area contributed by atoms with Crippen LogP contribution in [0.1, 0.15) is 38.7 Å². The highest BCUT2D eigenvalue weighted by atomic mass is 16.2. The van der Waals surface area contributed by atoms with Crippen molar-refractivity contribution in [3.63, 3.8) is 0 Å². The summed E-state index contributed by atoms with van der Waals surface area (Å²) in [4.78, 5) is 16.7. The van der Waals surface area contributed by atoms with Crippen molar-refractivity contribution in [2.75, 3.05) is 26.2 Å². The predicted molar refractivity (Wildman–Crippen MR) is 82.8 cm³/mol. The molecule has 0 unspecified atom stereocenters. The monoisotopic (exact) mass is 274 g/mol. The van der Waals surface area contributed by atoms with E-state index < -0.39 is 0 Å². The maximum Gasteiger partial charge on any atom is 0.239 e. The molecule has 1 aliphatic rings. The van der Waals surface area contributed by atoms with Gasteiger partial charge < -0.3 is 4.90 Å². The number of carbonyl (C=O) groups is 1. The van der Waals surface area contributed by atoms with Crippen LogP contribution >= 0.6 is 0 Å². The topological polar surface area (TPSA) is 23.6 Å². The zero-order valence-corrected chi connectivity index (χ0v) is 12.9. The van der Waals surface area contributed by atoms with Gasteiger partial charge in [-0.05, 0) is 45.2 Å². The van der Waals surface area contributed by atoms with Gasteiger partial charge in [-0.1, -0.05) is 30.3 Å². The van der Waals surface area contributed by atoms with Crippen LogP contribution in [-0.4, -0.2) is 47.9 Å². The van der Waals surface area contributed by atoms with Crippen LogP contribution in [0.25, 0.3) is 0 Å². The lowest BCUT2D eigenvalue weighted by atomic mass is 9.99. The Morgan fingerprint density at radius 3 is 2.55 bits per heavy atom. The van der Waals surface area contributed by atoms with Gasteiger partial charge in [-0.25, -0.2) is 0 Å². The van der Waals surface area contributed by atoms with Crippen molar-refractivity contribution in [2.24, 2.45) is 0 Å². The Morgan fingerprint density at radius 2 is 1.95 bits per heavy atom. The van der Waals surface area contributed by atoms with Crippen LogP contribution < -0.4 is 0 Å². The minimum Gasteiger partial charge on any atom is -0.342 e. The SMILES string of the molecule is CCN(CC)C(=O)[C@H](C)N1CC[C@H](c2ccccc2)C1. The van der Waals surface area contributed by atoms with Gasteiger partial charge in [0.25, 0.3) is 0 Å². The third kappa shape index (κ3) is 3.21. The maximum absolute atomic E-state index is 12.4. The van der Waals surface area contributed by atoms with Crippen molar-refractivity contribution in [3.8, 4) is 0 Å². The van der Waals surface area contributed by atoms with E-state index in [1.54, 1.807) is 0 Å². The van der Waals surface area contributed by atoms with Crippen molar-refractivity contribution < 1.29 is 4.79 Å². The Balaban J connectivity index is 1.97. The van der Waals surface area contributed by atoms with Crippen LogP contribution in [0.5, 0.6) is 0 Å². The van der Waals surface area contributed by atoms with Crippen LogP contribution in [0.3, 0.4) is 0 Å². The molecule has 1 saturated heterocycles. The third-order valence-electron chi connectivity index (χ3n) is 4.47. The van der Waals surface area contributed by atoms with Crippen molar-refractivity contribution in [1.29, 1.82) is 0 Å². The van der Waals surface area contributed by atoms with Gasteiger partial charge in [0, 0.05) is 19.6 Å². The van der Waals surface area contributed by atoms with E-state index >= 15 is 0 Å². The average Bonchev–Trinajstić information content (AvgIpc) is 2.98. The smallest absolute Gasteiger partial charge is 0.239 e. The first-order chi connectivity index (χ1) is 9.67. The first kappa shape index (κ1) is 15.0. The number of likely N-dealkylation sites (tertiary alicyclic amines) is 1. The number of nitrogens with zero attached hydrogens (tertiary/aromatic N) is 2. The molecule has 110 valence electrons. The molecule has 3 nitrogen and oxygen atoms in total. The van der Waals surface area contributed by atoms with Gasteiger partial charge in [0.15, 0.2) is 0 Å². The Morgan fingerprint density at radius 1 is 1.30 bits per heavy atom. The molecule has 1 aromatic rings. The second-order valence-electron chi connectivity index (χ2n) is 5.58. The van der Waals surface area contributed by atoms with Crippen molar-refractivity contribution in [2.45, 2.75) is 39.2 Å². The summed E-state index contributed by atoms with van der Waals surface area (Å²) in [5.74, 6) is 0.840. The molecule has 0 bridgehead atoms. The first-order valence-electron chi connectivity index (χ1n) is 7.75. The van der Waals surface area contributed by atoms with Gasteiger partial charge in [0.2, 0.25) is 5.91 Å². The van der Waals surface area contributed by atoms with E-state index in [1.165, 1.54) is 5.56 Å². The summed E-state index contributed by atoms with van der Waals surface area (Å²) >= 11 is 0. The molecule has 0 saturated carbocycles. The van der Waals surface area contributed by atoms with E-state index in [-0.39, 0.29) is 11.9 Å². The number of benzene rings is 1. The molecular weight excluding hydrogens is 248 g/mol. The number of amides is 1. The van der Waals surface area contributed by atoms with Gasteiger partial charge in [0.05, 0.1) is 6.04 Å². The average molecular weight is 274 g/mol. The molecule has 2 atom stereocenters. The fraction of sp³-hybridized carbons (Fsp3) is 0.588. The van der Waals surface area contributed by atoms with Crippen molar-refractivity contribution in [1.82, 2.24) is 9.80 Å². The van der Waals surface area contributed by atoms with E-state index in [0.29, 0.717) is 5.92 Å². The van der Waals surface area contributed by atoms with Gasteiger partial charge in [-0.3, -0.25) is 9.69 Å². The third-order valence-corrected chi connectivity index (χ3v) is 4.47. The summed E-state index contributed by atoms with van der Waals surface area (Å²) in [6.07, 6.45) is 1.15. The maximum atomic E-state index is 12.4. The molecule has 2 rings (SSSR count). The number of hydrogen-bond donors (Lipinski definition) is 0. The largest absolute Gasteiger partial charge is 0.342 e. The summed E-state index contributed by atoms with van der Waals surface area (Å²) in [7, 11) is 0. The molecule has 0 aliphatic carbocycles. The second-order valence-corrected chi connectivity index (χ2v) is 5.58. The Hall–Kier alpha value is -1.35. The molecule has 1 amide bonds. The molecule has 0 spiro atoms. The highest BCUT2D eigenvalue weighted by Gasteiger charge is 2.31. The number of hydrogen-bond acceptors (Lipinski definition) is 2. The molecule has 20 heavy (non-hydrogen) atoms. The van der Waals surface area contributed by atoms with Gasteiger partial charge in [-0.2, -0.15) is 0 Å². The molecule has 0 radical (unpaired) electrons. The summed E-state index contributed by atoms with van der Waals surface area (Å²) < 4.78 is 0. The lowest BCUT2D eigenvalue weighted by molar-refractivity contribution is -0.135. The Bertz CT molecular complexity index is 428. The molecule has 3 heteroatoms. The van der Waals surface area contributed by atoms with Crippen LogP contribution in [-0.2, 0) is 4.79 Å². The van der Waals surface area contributed by atoms with E-state index in [4.69, 9.17) is 0 Å². The minimum absolute atomic E-state index is 0.00334.